The number of nitrogens with zero attached hydrogens (tertiary/aromatic N) is 1. The van der Waals surface area contributed by atoms with Crippen LogP contribution in [-0.2, 0) is 19.6 Å². The quantitative estimate of drug-likeness (QED) is 0.768. The van der Waals surface area contributed by atoms with Gasteiger partial charge in [0, 0.05) is 6.54 Å². The third-order valence-electron chi connectivity index (χ3n) is 5.95. The Morgan fingerprint density at radius 3 is 2.04 bits per heavy atom. The van der Waals surface area contributed by atoms with Gasteiger partial charge in [-0.05, 0) is 81.2 Å². The smallest absolute Gasteiger partial charge is 0.324 e. The molecule has 6 heteroatoms. The van der Waals surface area contributed by atoms with Gasteiger partial charge in [-0.25, -0.2) is 8.42 Å². The second-order valence-electron chi connectivity index (χ2n) is 7.02. The zero-order valence-corrected chi connectivity index (χ0v) is 15.8. The molecule has 2 fully saturated rings. The number of sulfonamides is 1. The van der Waals surface area contributed by atoms with Crippen LogP contribution < -0.4 is 0 Å². The molecule has 2 aliphatic rings. The lowest BCUT2D eigenvalue weighted by Crippen LogP contribution is -2.47. The van der Waals surface area contributed by atoms with Gasteiger partial charge in [0.25, 0.3) is 0 Å². The summed E-state index contributed by atoms with van der Waals surface area (Å²) in [4.78, 5) is 12.6. The highest BCUT2D eigenvalue weighted by molar-refractivity contribution is 7.89. The average molecular weight is 351 g/mol. The van der Waals surface area contributed by atoms with Crippen LogP contribution in [0.3, 0.4) is 0 Å². The number of hydrogen-bond donors (Lipinski definition) is 0. The Balaban J connectivity index is 2.14. The minimum atomic E-state index is -3.73. The molecule has 132 valence electrons. The van der Waals surface area contributed by atoms with Crippen molar-refractivity contribution in [2.45, 2.75) is 58.4 Å². The lowest BCUT2D eigenvalue weighted by molar-refractivity contribution is -0.153. The fourth-order valence-corrected chi connectivity index (χ4v) is 6.29. The van der Waals surface area contributed by atoms with Gasteiger partial charge in [0.15, 0.2) is 0 Å². The highest BCUT2D eigenvalue weighted by Gasteiger charge is 2.49. The van der Waals surface area contributed by atoms with E-state index in [0.717, 1.165) is 40.7 Å². The van der Waals surface area contributed by atoms with Gasteiger partial charge in [0.05, 0.1) is 11.5 Å². The predicted octanol–water partition coefficient (Wildman–Crippen LogP) is 2.55. The number of rotatable bonds is 2. The molecule has 3 rings (SSSR count). The Labute approximate surface area is 144 Å². The minimum Gasteiger partial charge on any atom is -0.464 e. The van der Waals surface area contributed by atoms with Gasteiger partial charge >= 0.3 is 5.97 Å². The summed E-state index contributed by atoms with van der Waals surface area (Å²) in [6.45, 7) is 10.4. The van der Waals surface area contributed by atoms with Crippen molar-refractivity contribution in [3.05, 3.63) is 27.8 Å². The highest BCUT2D eigenvalue weighted by Crippen LogP contribution is 2.38. The average Bonchev–Trinajstić information content (AvgIpc) is 2.97. The first kappa shape index (κ1) is 17.4. The number of cyclic esters (lactones) is 1. The highest BCUT2D eigenvalue weighted by atomic mass is 32.2. The molecule has 2 heterocycles. The van der Waals surface area contributed by atoms with Crippen LogP contribution in [0.4, 0.5) is 0 Å². The van der Waals surface area contributed by atoms with Gasteiger partial charge in [-0.15, -0.1) is 0 Å². The van der Waals surface area contributed by atoms with E-state index in [1.807, 2.05) is 34.6 Å². The summed E-state index contributed by atoms with van der Waals surface area (Å²) in [6.07, 6.45) is 1.47. The molecule has 0 spiro atoms. The second kappa shape index (κ2) is 5.85. The number of carbonyl (C=O) groups excluding carboxylic acids is 1. The van der Waals surface area contributed by atoms with E-state index >= 15 is 0 Å². The zero-order chi connectivity index (χ0) is 17.8. The van der Waals surface area contributed by atoms with Crippen molar-refractivity contribution in [2.24, 2.45) is 5.92 Å². The van der Waals surface area contributed by atoms with E-state index < -0.39 is 22.0 Å². The van der Waals surface area contributed by atoms with Crippen LogP contribution in [0.25, 0.3) is 0 Å². The maximum absolute atomic E-state index is 13.4. The van der Waals surface area contributed by atoms with Gasteiger partial charge in [0.2, 0.25) is 10.0 Å². The number of esters is 1. The summed E-state index contributed by atoms with van der Waals surface area (Å²) in [5, 5.41) is 0. The van der Waals surface area contributed by atoms with Gasteiger partial charge in [-0.1, -0.05) is 0 Å². The summed E-state index contributed by atoms with van der Waals surface area (Å²) in [7, 11) is -3.73. The number of ether oxygens (including phenoxy) is 1. The molecule has 0 aliphatic carbocycles. The minimum absolute atomic E-state index is 0.0780. The van der Waals surface area contributed by atoms with Crippen LogP contribution >= 0.6 is 0 Å². The van der Waals surface area contributed by atoms with Crippen LogP contribution in [-0.4, -0.2) is 37.9 Å². The molecular formula is C18H25NO4S. The fourth-order valence-electron chi connectivity index (χ4n) is 4.07. The summed E-state index contributed by atoms with van der Waals surface area (Å²) in [5.41, 5.74) is 4.68. The van der Waals surface area contributed by atoms with Gasteiger partial charge in [-0.3, -0.25) is 4.79 Å². The van der Waals surface area contributed by atoms with Crippen molar-refractivity contribution in [1.29, 1.82) is 0 Å². The molecule has 5 nitrogen and oxygen atoms in total. The standard InChI is InChI=1S/C18H25NO4S/c1-10-11(2)13(4)17(14(5)12(10)3)24(21,22)19-8-6-15-7-9-23-18(20)16(15)19/h15-16H,6-9H2,1-5H3/t15-,16+/m0/s1. The molecule has 2 aliphatic heterocycles. The molecule has 2 saturated heterocycles. The van der Waals surface area contributed by atoms with Crippen molar-refractivity contribution in [1.82, 2.24) is 4.31 Å². The van der Waals surface area contributed by atoms with Gasteiger partial charge in [0.1, 0.15) is 6.04 Å². The van der Waals surface area contributed by atoms with E-state index in [-0.39, 0.29) is 5.92 Å². The molecule has 0 amide bonds. The van der Waals surface area contributed by atoms with Crippen LogP contribution in [0.15, 0.2) is 4.90 Å². The molecule has 1 aromatic carbocycles. The maximum Gasteiger partial charge on any atom is 0.324 e. The molecule has 0 unspecified atom stereocenters. The molecular weight excluding hydrogens is 326 g/mol. The summed E-state index contributed by atoms with van der Waals surface area (Å²) < 4.78 is 33.3. The van der Waals surface area contributed by atoms with Crippen LogP contribution in [0, 0.1) is 40.5 Å². The molecule has 1 aromatic rings. The van der Waals surface area contributed by atoms with E-state index in [1.54, 1.807) is 0 Å². The maximum atomic E-state index is 13.4. The molecule has 0 aromatic heterocycles. The molecule has 0 N–H and O–H groups in total. The first-order chi connectivity index (χ1) is 11.2. The second-order valence-corrected chi connectivity index (χ2v) is 8.85. The fraction of sp³-hybridized carbons (Fsp3) is 0.611. The third kappa shape index (κ3) is 2.39. The van der Waals surface area contributed by atoms with E-state index in [4.69, 9.17) is 4.74 Å². The van der Waals surface area contributed by atoms with E-state index in [2.05, 4.69) is 0 Å². The Bertz CT molecular complexity index is 784. The van der Waals surface area contributed by atoms with Gasteiger partial charge in [-0.2, -0.15) is 4.31 Å². The Hall–Kier alpha value is -1.40. The topological polar surface area (TPSA) is 63.7 Å². The van der Waals surface area contributed by atoms with Crippen molar-refractivity contribution < 1.29 is 17.9 Å². The Kier molecular flexibility index (Phi) is 4.24. The third-order valence-corrected chi connectivity index (χ3v) is 8.10. The normalized spacial score (nSPS) is 24.8. The number of fused-ring (bicyclic) bond motifs is 1. The molecule has 24 heavy (non-hydrogen) atoms. The van der Waals surface area contributed by atoms with Crippen LogP contribution in [0.2, 0.25) is 0 Å². The summed E-state index contributed by atoms with van der Waals surface area (Å²) in [6, 6.07) is -0.663. The monoisotopic (exact) mass is 351 g/mol. The van der Waals surface area contributed by atoms with Crippen LogP contribution in [0.1, 0.15) is 40.7 Å². The zero-order valence-electron chi connectivity index (χ0n) is 15.0. The van der Waals surface area contributed by atoms with Gasteiger partial charge < -0.3 is 4.74 Å². The van der Waals surface area contributed by atoms with Crippen molar-refractivity contribution in [2.75, 3.05) is 13.2 Å². The summed E-state index contributed by atoms with van der Waals surface area (Å²) in [5.74, 6) is -0.322. The van der Waals surface area contributed by atoms with E-state index in [9.17, 15) is 13.2 Å². The van der Waals surface area contributed by atoms with E-state index in [0.29, 0.717) is 18.0 Å². The van der Waals surface area contributed by atoms with E-state index in [1.165, 1.54) is 4.31 Å². The molecule has 0 bridgehead atoms. The van der Waals surface area contributed by atoms with Crippen molar-refractivity contribution in [3.8, 4) is 0 Å². The molecule has 0 radical (unpaired) electrons. The lowest BCUT2D eigenvalue weighted by Gasteiger charge is -2.30. The number of carbonyl (C=O) groups is 1. The first-order valence-corrected chi connectivity index (χ1v) is 9.87. The predicted molar refractivity (Wildman–Crippen MR) is 91.5 cm³/mol. The lowest BCUT2D eigenvalue weighted by atomic mass is 9.95. The van der Waals surface area contributed by atoms with Crippen molar-refractivity contribution in [3.63, 3.8) is 0 Å². The Morgan fingerprint density at radius 2 is 1.46 bits per heavy atom. The Morgan fingerprint density at radius 1 is 0.917 bits per heavy atom. The molecule has 2 atom stereocenters. The number of hydrogen-bond acceptors (Lipinski definition) is 4. The SMILES string of the molecule is Cc1c(C)c(C)c(S(=O)(=O)N2CC[C@H]3CCOC(=O)[C@@H]32)c(C)c1C. The van der Waals surface area contributed by atoms with Crippen molar-refractivity contribution >= 4 is 16.0 Å². The molecule has 0 saturated carbocycles. The summed E-state index contributed by atoms with van der Waals surface area (Å²) >= 11 is 0. The van der Waals surface area contributed by atoms with Crippen LogP contribution in [0.5, 0.6) is 0 Å². The first-order valence-electron chi connectivity index (χ1n) is 8.43. The number of benzene rings is 1. The largest absolute Gasteiger partial charge is 0.464 e.